The van der Waals surface area contributed by atoms with Gasteiger partial charge in [0.2, 0.25) is 5.91 Å². The van der Waals surface area contributed by atoms with Gasteiger partial charge in [-0.05, 0) is 26.3 Å². The molecule has 0 saturated carbocycles. The van der Waals surface area contributed by atoms with E-state index in [1.54, 1.807) is 20.8 Å². The van der Waals surface area contributed by atoms with Gasteiger partial charge in [0.25, 0.3) is 0 Å². The lowest BCUT2D eigenvalue weighted by Crippen LogP contribution is -2.56. The van der Waals surface area contributed by atoms with Crippen LogP contribution in [0.5, 0.6) is 0 Å². The Kier molecular flexibility index (Phi) is 6.55. The van der Waals surface area contributed by atoms with E-state index in [9.17, 15) is 19.2 Å². The second-order valence-corrected chi connectivity index (χ2v) is 7.28. The number of nitrogens with zero attached hydrogens (tertiary/aromatic N) is 1. The van der Waals surface area contributed by atoms with Gasteiger partial charge in [-0.1, -0.05) is 30.3 Å². The number of amides is 2. The zero-order valence-corrected chi connectivity index (χ0v) is 15.7. The molecule has 1 heterocycles. The first-order valence-corrected chi connectivity index (χ1v) is 8.63. The number of benzene rings is 1. The Morgan fingerprint density at radius 2 is 1.85 bits per heavy atom. The van der Waals surface area contributed by atoms with Gasteiger partial charge < -0.3 is 19.7 Å². The van der Waals surface area contributed by atoms with E-state index in [4.69, 9.17) is 9.47 Å². The molecule has 0 bridgehead atoms. The fourth-order valence-corrected chi connectivity index (χ4v) is 2.53. The number of hydrogen-bond acceptors (Lipinski definition) is 6. The van der Waals surface area contributed by atoms with Gasteiger partial charge in [-0.25, -0.2) is 4.79 Å². The van der Waals surface area contributed by atoms with Gasteiger partial charge in [-0.15, -0.1) is 0 Å². The number of hydrogen-bond donors (Lipinski definition) is 1. The van der Waals surface area contributed by atoms with Crippen molar-refractivity contribution < 1.29 is 28.7 Å². The molecule has 1 aliphatic heterocycles. The highest BCUT2D eigenvalue weighted by Gasteiger charge is 2.36. The van der Waals surface area contributed by atoms with E-state index in [0.29, 0.717) is 0 Å². The summed E-state index contributed by atoms with van der Waals surface area (Å²) in [5, 5.41) is 2.39. The second kappa shape index (κ2) is 8.66. The minimum atomic E-state index is -1.05. The summed E-state index contributed by atoms with van der Waals surface area (Å²) < 4.78 is 10.2. The number of esters is 1. The molecule has 1 aliphatic rings. The first kappa shape index (κ1) is 20.4. The van der Waals surface area contributed by atoms with Crippen molar-refractivity contribution in [3.05, 3.63) is 35.9 Å². The number of alkyl carbamates (subject to hydrolysis) is 1. The summed E-state index contributed by atoms with van der Waals surface area (Å²) >= 11 is 0. The van der Waals surface area contributed by atoms with Crippen LogP contribution in [0.1, 0.15) is 32.8 Å². The lowest BCUT2D eigenvalue weighted by Gasteiger charge is -2.31. The van der Waals surface area contributed by atoms with Crippen molar-refractivity contribution >= 4 is 23.8 Å². The van der Waals surface area contributed by atoms with Crippen LogP contribution < -0.4 is 5.32 Å². The summed E-state index contributed by atoms with van der Waals surface area (Å²) in [6.45, 7) is 4.60. The van der Waals surface area contributed by atoms with Crippen molar-refractivity contribution in [2.45, 2.75) is 45.4 Å². The fourth-order valence-electron chi connectivity index (χ4n) is 2.53. The molecule has 2 amide bonds. The summed E-state index contributed by atoms with van der Waals surface area (Å²) in [5.74, 6) is -1.40. The summed E-state index contributed by atoms with van der Waals surface area (Å²) in [7, 11) is 0. The molecule has 0 aliphatic carbocycles. The Labute approximate surface area is 157 Å². The Hall–Kier alpha value is -2.90. The quantitative estimate of drug-likeness (QED) is 0.780. The molecule has 27 heavy (non-hydrogen) atoms. The molecule has 0 aromatic heterocycles. The van der Waals surface area contributed by atoms with Crippen molar-refractivity contribution in [2.75, 3.05) is 13.1 Å². The predicted octanol–water partition coefficient (Wildman–Crippen LogP) is 1.42. The van der Waals surface area contributed by atoms with Gasteiger partial charge in [-0.2, -0.15) is 0 Å². The minimum absolute atomic E-state index is 0.0786. The van der Waals surface area contributed by atoms with Gasteiger partial charge in [0.1, 0.15) is 24.8 Å². The summed E-state index contributed by atoms with van der Waals surface area (Å²) in [5.41, 5.74) is 0.0867. The van der Waals surface area contributed by atoms with Crippen LogP contribution >= 0.6 is 0 Å². The molecule has 0 radical (unpaired) electrons. The van der Waals surface area contributed by atoms with Crippen LogP contribution in [-0.2, 0) is 30.5 Å². The first-order chi connectivity index (χ1) is 12.6. The number of ether oxygens (including phenoxy) is 2. The van der Waals surface area contributed by atoms with Crippen LogP contribution in [0.4, 0.5) is 4.79 Å². The van der Waals surface area contributed by atoms with E-state index in [0.717, 1.165) is 10.5 Å². The monoisotopic (exact) mass is 376 g/mol. The zero-order chi connectivity index (χ0) is 20.0. The van der Waals surface area contributed by atoms with Crippen LogP contribution in [0.3, 0.4) is 0 Å². The SMILES string of the molecule is CC(C)(C)OC(=O)NC1CC(=O)CN(CC(=O)OCc2ccccc2)C1=O. The lowest BCUT2D eigenvalue weighted by molar-refractivity contribution is -0.153. The number of carbonyl (C=O) groups is 4. The third kappa shape index (κ3) is 6.73. The maximum atomic E-state index is 12.5. The molecular formula is C19H24N2O6. The molecule has 1 N–H and O–H groups in total. The van der Waals surface area contributed by atoms with E-state index >= 15 is 0 Å². The van der Waals surface area contributed by atoms with Crippen molar-refractivity contribution in [2.24, 2.45) is 0 Å². The minimum Gasteiger partial charge on any atom is -0.459 e. The lowest BCUT2D eigenvalue weighted by atomic mass is 10.0. The third-order valence-electron chi connectivity index (χ3n) is 3.66. The number of likely N-dealkylation sites (tertiary alicyclic amines) is 1. The summed E-state index contributed by atoms with van der Waals surface area (Å²) in [6.07, 6.45) is -0.921. The second-order valence-electron chi connectivity index (χ2n) is 7.28. The zero-order valence-electron chi connectivity index (χ0n) is 15.7. The molecule has 146 valence electrons. The van der Waals surface area contributed by atoms with Crippen molar-refractivity contribution in [3.63, 3.8) is 0 Å². The average Bonchev–Trinajstić information content (AvgIpc) is 2.56. The smallest absolute Gasteiger partial charge is 0.408 e. The molecule has 1 aromatic carbocycles. The number of carbonyl (C=O) groups excluding carboxylic acids is 4. The highest BCUT2D eigenvalue weighted by atomic mass is 16.6. The van der Waals surface area contributed by atoms with Gasteiger partial charge in [0.15, 0.2) is 5.78 Å². The molecule has 0 spiro atoms. The number of piperidine rings is 1. The van der Waals surface area contributed by atoms with Crippen molar-refractivity contribution in [1.29, 1.82) is 0 Å². The number of Topliss-reactive ketones (excluding diaryl/α,β-unsaturated/α-hetero) is 1. The molecule has 1 fully saturated rings. The highest BCUT2D eigenvalue weighted by Crippen LogP contribution is 2.12. The Bertz CT molecular complexity index is 711. The number of rotatable bonds is 5. The molecule has 8 heteroatoms. The molecule has 1 saturated heterocycles. The van der Waals surface area contributed by atoms with E-state index in [1.165, 1.54) is 0 Å². The number of nitrogens with one attached hydrogen (secondary N) is 1. The summed E-state index contributed by atoms with van der Waals surface area (Å²) in [6, 6.07) is 8.06. The van der Waals surface area contributed by atoms with Crippen LogP contribution in [0, 0.1) is 0 Å². The third-order valence-corrected chi connectivity index (χ3v) is 3.66. The van der Waals surface area contributed by atoms with Crippen LogP contribution in [0.2, 0.25) is 0 Å². The Morgan fingerprint density at radius 3 is 2.48 bits per heavy atom. The molecule has 2 rings (SSSR count). The van der Waals surface area contributed by atoms with Gasteiger partial charge in [-0.3, -0.25) is 14.4 Å². The van der Waals surface area contributed by atoms with E-state index in [-0.39, 0.29) is 31.9 Å². The summed E-state index contributed by atoms with van der Waals surface area (Å²) in [4.78, 5) is 49.4. The highest BCUT2D eigenvalue weighted by molar-refractivity contribution is 5.99. The van der Waals surface area contributed by atoms with E-state index < -0.39 is 29.6 Å². The normalized spacial score (nSPS) is 17.4. The molecular weight excluding hydrogens is 352 g/mol. The van der Waals surface area contributed by atoms with Gasteiger partial charge >= 0.3 is 12.1 Å². The average molecular weight is 376 g/mol. The van der Waals surface area contributed by atoms with Crippen LogP contribution in [-0.4, -0.2) is 53.4 Å². The molecule has 1 atom stereocenters. The Balaban J connectivity index is 1.90. The molecule has 1 aromatic rings. The largest absolute Gasteiger partial charge is 0.459 e. The van der Waals surface area contributed by atoms with E-state index in [2.05, 4.69) is 5.32 Å². The van der Waals surface area contributed by atoms with Gasteiger partial charge in [0, 0.05) is 6.42 Å². The first-order valence-electron chi connectivity index (χ1n) is 8.63. The standard InChI is InChI=1S/C19H24N2O6/c1-19(2,3)27-18(25)20-15-9-14(22)10-21(17(15)24)11-16(23)26-12-13-7-5-4-6-8-13/h4-8,15H,9-12H2,1-3H3,(H,20,25). The fraction of sp³-hybridized carbons (Fsp3) is 0.474. The van der Waals surface area contributed by atoms with Crippen molar-refractivity contribution in [1.82, 2.24) is 10.2 Å². The van der Waals surface area contributed by atoms with Crippen LogP contribution in [0.15, 0.2) is 30.3 Å². The molecule has 1 unspecified atom stereocenters. The maximum absolute atomic E-state index is 12.5. The van der Waals surface area contributed by atoms with Gasteiger partial charge in [0.05, 0.1) is 6.54 Å². The topological polar surface area (TPSA) is 102 Å². The number of ketones is 1. The van der Waals surface area contributed by atoms with Crippen LogP contribution in [0.25, 0.3) is 0 Å². The molecule has 8 nitrogen and oxygen atoms in total. The van der Waals surface area contributed by atoms with E-state index in [1.807, 2.05) is 30.3 Å². The van der Waals surface area contributed by atoms with Crippen molar-refractivity contribution in [3.8, 4) is 0 Å². The maximum Gasteiger partial charge on any atom is 0.408 e. The Morgan fingerprint density at radius 1 is 1.19 bits per heavy atom. The predicted molar refractivity (Wildman–Crippen MR) is 95.6 cm³/mol.